The number of aromatic amines is 1. The van der Waals surface area contributed by atoms with Crippen LogP contribution in [0.1, 0.15) is 33.4 Å². The van der Waals surface area contributed by atoms with Crippen LogP contribution in [0.25, 0.3) is 0 Å². The zero-order valence-electron chi connectivity index (χ0n) is 19.6. The lowest BCUT2D eigenvalue weighted by Gasteiger charge is -2.35. The molecule has 35 heavy (non-hydrogen) atoms. The third-order valence-electron chi connectivity index (χ3n) is 5.30. The van der Waals surface area contributed by atoms with Crippen molar-refractivity contribution < 1.29 is 41.9 Å². The summed E-state index contributed by atoms with van der Waals surface area (Å²) in [7, 11) is -3.02. The number of nitrogens with two attached hydrogens (primary N) is 1. The number of hydrogen-bond donors (Lipinski definition) is 3. The van der Waals surface area contributed by atoms with Crippen LogP contribution < -0.4 is 22.3 Å². The Balaban J connectivity index is 1.67. The minimum atomic E-state index is -4.16. The summed E-state index contributed by atoms with van der Waals surface area (Å²) in [5, 5.41) is 2.32. The molecule has 0 aliphatic carbocycles. The minimum absolute atomic E-state index is 0.128. The van der Waals surface area contributed by atoms with E-state index in [2.05, 4.69) is 15.0 Å². The summed E-state index contributed by atoms with van der Waals surface area (Å²) in [6.07, 6.45) is -3.03. The SMILES string of the molecule is COC(=O)N[C@@H](CCO[P@@]1(=O)OC[C@H]2O[C@@H](n3ccc(=O)[nH]c3=O)[C@](C)(N)[C@@H]2O1)C(=O)OC(C)C. The van der Waals surface area contributed by atoms with Gasteiger partial charge >= 0.3 is 25.6 Å². The molecule has 2 fully saturated rings. The standard InChI is InChI=1S/C19H29N4O11P/c1-10(2)32-15(25)11(21-18(27)29-4)6-8-30-35(28)31-9-12-14(34-35)19(3,20)16(33-12)23-7-5-13(24)22-17(23)26/h5,7,10-12,14,16H,6,8-9,20H2,1-4H3,(H,21,27)(H,22,24,26)/t11-,12+,14+,16+,19+,35-/m0/s1. The molecule has 4 N–H and O–H groups in total. The van der Waals surface area contributed by atoms with E-state index in [9.17, 15) is 23.7 Å². The second-order valence-electron chi connectivity index (χ2n) is 8.48. The number of nitrogens with zero attached hydrogens (tertiary/aromatic N) is 1. The van der Waals surface area contributed by atoms with Crippen molar-refractivity contribution >= 4 is 19.9 Å². The fourth-order valence-electron chi connectivity index (χ4n) is 3.66. The fraction of sp³-hybridized carbons (Fsp3) is 0.684. The van der Waals surface area contributed by atoms with Crippen LogP contribution >= 0.6 is 7.82 Å². The van der Waals surface area contributed by atoms with Crippen LogP contribution in [0.2, 0.25) is 0 Å². The number of phosphoric acid groups is 1. The van der Waals surface area contributed by atoms with E-state index in [1.54, 1.807) is 13.8 Å². The molecule has 2 aliphatic rings. The van der Waals surface area contributed by atoms with Gasteiger partial charge in [0.05, 0.1) is 32.0 Å². The summed E-state index contributed by atoms with van der Waals surface area (Å²) in [6, 6.07) is -0.00266. The van der Waals surface area contributed by atoms with Gasteiger partial charge in [0.25, 0.3) is 5.56 Å². The second-order valence-corrected chi connectivity index (χ2v) is 10.1. The molecular weight excluding hydrogens is 491 g/mol. The average Bonchev–Trinajstić information content (AvgIpc) is 3.02. The highest BCUT2D eigenvalue weighted by Gasteiger charge is 2.59. The van der Waals surface area contributed by atoms with Gasteiger partial charge in [0.2, 0.25) is 0 Å². The van der Waals surface area contributed by atoms with E-state index in [-0.39, 0.29) is 19.6 Å². The van der Waals surface area contributed by atoms with E-state index in [4.69, 9.17) is 28.8 Å². The zero-order valence-corrected chi connectivity index (χ0v) is 20.5. The van der Waals surface area contributed by atoms with Crippen LogP contribution in [0.15, 0.2) is 21.9 Å². The molecule has 0 saturated carbocycles. The van der Waals surface area contributed by atoms with Crippen LogP contribution in [0.5, 0.6) is 0 Å². The van der Waals surface area contributed by atoms with Gasteiger partial charge in [-0.05, 0) is 20.8 Å². The maximum absolute atomic E-state index is 13.1. The van der Waals surface area contributed by atoms with E-state index in [1.807, 2.05) is 0 Å². The average molecular weight is 520 g/mol. The summed E-state index contributed by atoms with van der Waals surface area (Å²) in [5.74, 6) is -0.731. The zero-order chi connectivity index (χ0) is 26.0. The summed E-state index contributed by atoms with van der Waals surface area (Å²) < 4.78 is 45.8. The molecule has 1 aromatic rings. The molecule has 1 amide bonds. The molecule has 2 saturated heterocycles. The minimum Gasteiger partial charge on any atom is -0.461 e. The highest BCUT2D eigenvalue weighted by molar-refractivity contribution is 7.48. The first-order valence-corrected chi connectivity index (χ1v) is 12.2. The fourth-order valence-corrected chi connectivity index (χ4v) is 5.15. The third-order valence-corrected chi connectivity index (χ3v) is 6.75. The van der Waals surface area contributed by atoms with Crippen molar-refractivity contribution in [3.63, 3.8) is 0 Å². The van der Waals surface area contributed by atoms with Gasteiger partial charge in [-0.2, -0.15) is 0 Å². The molecule has 3 rings (SSSR count). The maximum atomic E-state index is 13.1. The van der Waals surface area contributed by atoms with Gasteiger partial charge in [-0.25, -0.2) is 18.9 Å². The lowest BCUT2D eigenvalue weighted by molar-refractivity contribution is -0.150. The van der Waals surface area contributed by atoms with E-state index in [0.29, 0.717) is 0 Å². The molecule has 0 bridgehead atoms. The topological polar surface area (TPSA) is 199 Å². The Morgan fingerprint density at radius 3 is 2.74 bits per heavy atom. The Hall–Kier alpha value is -2.55. The number of rotatable bonds is 8. The van der Waals surface area contributed by atoms with Crippen molar-refractivity contribution in [3.8, 4) is 0 Å². The van der Waals surface area contributed by atoms with Gasteiger partial charge in [0.1, 0.15) is 18.2 Å². The van der Waals surface area contributed by atoms with Gasteiger partial charge in [-0.3, -0.25) is 27.9 Å². The first-order chi connectivity index (χ1) is 16.4. The molecule has 16 heteroatoms. The van der Waals surface area contributed by atoms with Gasteiger partial charge < -0.3 is 25.3 Å². The first-order valence-electron chi connectivity index (χ1n) is 10.7. The first kappa shape index (κ1) is 27.0. The molecule has 3 heterocycles. The molecular formula is C19H29N4O11P. The van der Waals surface area contributed by atoms with Gasteiger partial charge in [-0.15, -0.1) is 0 Å². The third kappa shape index (κ3) is 6.18. The smallest absolute Gasteiger partial charge is 0.461 e. The maximum Gasteiger partial charge on any atom is 0.475 e. The number of nitrogens with one attached hydrogen (secondary N) is 2. The number of carbonyl (C=O) groups is 2. The van der Waals surface area contributed by atoms with Crippen LogP contribution in [-0.2, 0) is 37.1 Å². The number of amides is 1. The van der Waals surface area contributed by atoms with Crippen molar-refractivity contribution in [1.82, 2.24) is 14.9 Å². The largest absolute Gasteiger partial charge is 0.475 e. The summed E-state index contributed by atoms with van der Waals surface area (Å²) in [5.41, 5.74) is 3.72. The Kier molecular flexibility index (Phi) is 8.19. The molecule has 6 atom stereocenters. The van der Waals surface area contributed by atoms with Crippen molar-refractivity contribution in [3.05, 3.63) is 33.1 Å². The number of ether oxygens (including phenoxy) is 3. The number of H-pyrrole nitrogens is 1. The molecule has 0 unspecified atom stereocenters. The summed E-state index contributed by atoms with van der Waals surface area (Å²) in [6.45, 7) is 4.28. The van der Waals surface area contributed by atoms with Crippen molar-refractivity contribution in [2.24, 2.45) is 5.73 Å². The lowest BCUT2D eigenvalue weighted by atomic mass is 9.93. The van der Waals surface area contributed by atoms with Crippen molar-refractivity contribution in [2.45, 2.75) is 63.3 Å². The summed E-state index contributed by atoms with van der Waals surface area (Å²) >= 11 is 0. The Morgan fingerprint density at radius 2 is 2.11 bits per heavy atom. The Labute approximate surface area is 199 Å². The van der Waals surface area contributed by atoms with E-state index >= 15 is 0 Å². The van der Waals surface area contributed by atoms with E-state index in [0.717, 1.165) is 17.7 Å². The number of hydrogen-bond acceptors (Lipinski definition) is 12. The highest BCUT2D eigenvalue weighted by atomic mass is 31.2. The summed E-state index contributed by atoms with van der Waals surface area (Å²) in [4.78, 5) is 49.5. The predicted octanol–water partition coefficient (Wildman–Crippen LogP) is -0.242. The van der Waals surface area contributed by atoms with Crippen LogP contribution in [0, 0.1) is 0 Å². The number of carbonyl (C=O) groups excluding carboxylic acids is 2. The molecule has 0 radical (unpaired) electrons. The van der Waals surface area contributed by atoms with E-state index < -0.39 is 67.3 Å². The Morgan fingerprint density at radius 1 is 1.40 bits per heavy atom. The second kappa shape index (κ2) is 10.6. The molecule has 2 aliphatic heterocycles. The normalized spacial score (nSPS) is 31.0. The van der Waals surface area contributed by atoms with Crippen LogP contribution in [0.3, 0.4) is 0 Å². The van der Waals surface area contributed by atoms with Gasteiger partial charge in [-0.1, -0.05) is 0 Å². The van der Waals surface area contributed by atoms with Crippen molar-refractivity contribution in [1.29, 1.82) is 0 Å². The molecule has 196 valence electrons. The van der Waals surface area contributed by atoms with Crippen LogP contribution in [0.4, 0.5) is 4.79 Å². The predicted molar refractivity (Wildman–Crippen MR) is 117 cm³/mol. The van der Waals surface area contributed by atoms with Crippen molar-refractivity contribution in [2.75, 3.05) is 20.3 Å². The quantitative estimate of drug-likeness (QED) is 0.301. The monoisotopic (exact) mass is 520 g/mol. The van der Waals surface area contributed by atoms with E-state index in [1.165, 1.54) is 13.1 Å². The Bertz CT molecular complexity index is 1100. The number of esters is 1. The number of aromatic nitrogens is 2. The number of fused-ring (bicyclic) bond motifs is 1. The van der Waals surface area contributed by atoms with Gasteiger partial charge in [0.15, 0.2) is 6.23 Å². The molecule has 0 aromatic carbocycles. The molecule has 0 spiro atoms. The molecule has 15 nitrogen and oxygen atoms in total. The van der Waals surface area contributed by atoms with Gasteiger partial charge in [0, 0.05) is 18.7 Å². The number of phosphoric ester groups is 1. The molecule has 1 aromatic heterocycles. The highest BCUT2D eigenvalue weighted by Crippen LogP contribution is 2.58. The number of methoxy groups -OCH3 is 1. The van der Waals surface area contributed by atoms with Crippen LogP contribution in [-0.4, -0.2) is 71.8 Å². The lowest BCUT2D eigenvalue weighted by Crippen LogP contribution is -2.55. The number of alkyl carbamates (subject to hydrolysis) is 1.